The molecule has 13 heteroatoms. The minimum absolute atomic E-state index is 0.0120. The number of aromatic amines is 1. The lowest BCUT2D eigenvalue weighted by atomic mass is 10.3. The molecule has 0 bridgehead atoms. The highest BCUT2D eigenvalue weighted by Crippen LogP contribution is 2.23. The molecule has 1 aromatic carbocycles. The molecule has 0 radical (unpaired) electrons. The minimum Gasteiger partial charge on any atom is -0.408 e. The Morgan fingerprint density at radius 1 is 1.03 bits per heavy atom. The first kappa shape index (κ1) is 19.8. The van der Waals surface area contributed by atoms with E-state index in [9.17, 15) is 21.6 Å². The van der Waals surface area contributed by atoms with E-state index in [1.165, 1.54) is 50.9 Å². The second kappa shape index (κ2) is 7.09. The lowest BCUT2D eigenvalue weighted by Crippen LogP contribution is -2.37. The van der Waals surface area contributed by atoms with Crippen LogP contribution in [0.25, 0.3) is 11.1 Å². The number of sulfonamides is 2. The number of nitrogens with one attached hydrogen (secondary N) is 1. The van der Waals surface area contributed by atoms with Crippen LogP contribution in [0.3, 0.4) is 0 Å². The van der Waals surface area contributed by atoms with Crippen LogP contribution in [-0.2, 0) is 27.1 Å². The average molecular weight is 441 g/mol. The molecular weight excluding hydrogens is 422 g/mol. The summed E-state index contributed by atoms with van der Waals surface area (Å²) in [6, 6.07) is 4.21. The molecule has 0 amide bonds. The van der Waals surface area contributed by atoms with Crippen molar-refractivity contribution in [1.29, 1.82) is 0 Å². The molecule has 0 spiro atoms. The highest BCUT2D eigenvalue weighted by Gasteiger charge is 2.32. The normalized spacial score (nSPS) is 17.6. The maximum absolute atomic E-state index is 13.1. The number of rotatable bonds is 4. The van der Waals surface area contributed by atoms with Crippen LogP contribution in [0.15, 0.2) is 49.9 Å². The fraction of sp³-hybridized carbons (Fsp3) is 0.375. The number of imidazole rings is 1. The van der Waals surface area contributed by atoms with Crippen LogP contribution in [-0.4, -0.2) is 66.2 Å². The molecule has 29 heavy (non-hydrogen) atoms. The molecule has 11 nitrogen and oxygen atoms in total. The van der Waals surface area contributed by atoms with E-state index in [2.05, 4.69) is 9.97 Å². The van der Waals surface area contributed by atoms with Gasteiger partial charge in [0.15, 0.2) is 10.6 Å². The summed E-state index contributed by atoms with van der Waals surface area (Å²) < 4.78 is 60.3. The summed E-state index contributed by atoms with van der Waals surface area (Å²) in [5, 5.41) is -0.0277. The summed E-state index contributed by atoms with van der Waals surface area (Å²) in [4.78, 5) is 18.0. The number of aromatic nitrogens is 3. The monoisotopic (exact) mass is 441 g/mol. The van der Waals surface area contributed by atoms with Gasteiger partial charge in [-0.1, -0.05) is 0 Å². The van der Waals surface area contributed by atoms with E-state index < -0.39 is 25.8 Å². The van der Waals surface area contributed by atoms with E-state index in [0.29, 0.717) is 17.5 Å². The summed E-state index contributed by atoms with van der Waals surface area (Å²) in [6.07, 6.45) is 2.85. The summed E-state index contributed by atoms with van der Waals surface area (Å²) in [7, 11) is -6.14. The van der Waals surface area contributed by atoms with Gasteiger partial charge in [0.25, 0.3) is 10.0 Å². The number of hydrogen-bond donors (Lipinski definition) is 1. The Morgan fingerprint density at radius 2 is 1.72 bits per heavy atom. The highest BCUT2D eigenvalue weighted by molar-refractivity contribution is 7.89. The quantitative estimate of drug-likeness (QED) is 0.598. The van der Waals surface area contributed by atoms with Crippen molar-refractivity contribution < 1.29 is 21.3 Å². The van der Waals surface area contributed by atoms with E-state index in [4.69, 9.17) is 4.42 Å². The van der Waals surface area contributed by atoms with Crippen LogP contribution < -0.4 is 5.76 Å². The van der Waals surface area contributed by atoms with Crippen molar-refractivity contribution in [2.45, 2.75) is 16.3 Å². The number of nitrogens with zero attached hydrogens (tertiary/aromatic N) is 4. The Labute approximate surface area is 166 Å². The summed E-state index contributed by atoms with van der Waals surface area (Å²) >= 11 is 0. The van der Waals surface area contributed by atoms with Crippen molar-refractivity contribution >= 4 is 31.1 Å². The van der Waals surface area contributed by atoms with E-state index in [1.807, 2.05) is 0 Å². The molecule has 156 valence electrons. The molecule has 2 aromatic heterocycles. The van der Waals surface area contributed by atoms with Crippen molar-refractivity contribution in [2.75, 3.05) is 26.2 Å². The van der Waals surface area contributed by atoms with Crippen LogP contribution in [0.5, 0.6) is 0 Å². The van der Waals surface area contributed by atoms with Gasteiger partial charge >= 0.3 is 5.76 Å². The molecule has 0 unspecified atom stereocenters. The molecule has 1 saturated heterocycles. The lowest BCUT2D eigenvalue weighted by Gasteiger charge is -2.21. The van der Waals surface area contributed by atoms with Gasteiger partial charge in [-0.15, -0.1) is 0 Å². The maximum atomic E-state index is 13.1. The zero-order valence-electron chi connectivity index (χ0n) is 15.5. The largest absolute Gasteiger partial charge is 0.419 e. The standard InChI is InChI=1S/C16H19N5O6S2/c1-19-13-9-12(3-4-14(13)27-16(19)22)28(23,24)20-5-2-6-21(8-7-20)29(25,26)15-10-17-11-18-15/h3-4,9-11H,2,5-8H2,1H3,(H,17,18). The van der Waals surface area contributed by atoms with E-state index >= 15 is 0 Å². The SMILES string of the molecule is Cn1c(=O)oc2ccc(S(=O)(=O)N3CCCN(S(=O)(=O)c4cnc[nH]4)CC3)cc21. The molecule has 1 aliphatic heterocycles. The van der Waals surface area contributed by atoms with Crippen LogP contribution >= 0.6 is 0 Å². The summed E-state index contributed by atoms with van der Waals surface area (Å²) in [5.74, 6) is -0.580. The Hall–Kier alpha value is -2.48. The summed E-state index contributed by atoms with van der Waals surface area (Å²) in [6.45, 7) is 0.410. The number of H-pyrrole nitrogens is 1. The van der Waals surface area contributed by atoms with Gasteiger partial charge in [-0.05, 0) is 24.6 Å². The highest BCUT2D eigenvalue weighted by atomic mass is 32.2. The third-order valence-corrected chi connectivity index (χ3v) is 8.62. The van der Waals surface area contributed by atoms with Crippen molar-refractivity contribution in [3.63, 3.8) is 0 Å². The third kappa shape index (κ3) is 3.39. The number of hydrogen-bond acceptors (Lipinski definition) is 7. The Kier molecular flexibility index (Phi) is 4.85. The van der Waals surface area contributed by atoms with Gasteiger partial charge in [0.05, 0.1) is 22.9 Å². The zero-order valence-corrected chi connectivity index (χ0v) is 17.1. The molecule has 3 aromatic rings. The molecule has 0 saturated carbocycles. The second-order valence-electron chi connectivity index (χ2n) is 6.63. The first-order valence-corrected chi connectivity index (χ1v) is 11.7. The van der Waals surface area contributed by atoms with Gasteiger partial charge in [-0.2, -0.15) is 8.61 Å². The first-order valence-electron chi connectivity index (χ1n) is 8.79. The maximum Gasteiger partial charge on any atom is 0.419 e. The van der Waals surface area contributed by atoms with E-state index in [1.54, 1.807) is 0 Å². The summed E-state index contributed by atoms with van der Waals surface area (Å²) in [5.41, 5.74) is 0.665. The Morgan fingerprint density at radius 3 is 2.38 bits per heavy atom. The number of oxazole rings is 1. The molecular formula is C16H19N5O6S2. The van der Waals surface area contributed by atoms with Crippen molar-refractivity contribution in [3.05, 3.63) is 41.3 Å². The fourth-order valence-electron chi connectivity index (χ4n) is 3.29. The van der Waals surface area contributed by atoms with Crippen LogP contribution in [0.2, 0.25) is 0 Å². The Balaban J connectivity index is 1.60. The molecule has 4 rings (SSSR count). The minimum atomic E-state index is -3.87. The van der Waals surface area contributed by atoms with Crippen LogP contribution in [0, 0.1) is 0 Å². The predicted octanol–water partition coefficient (Wildman–Crippen LogP) is -0.0601. The van der Waals surface area contributed by atoms with Gasteiger partial charge < -0.3 is 9.40 Å². The van der Waals surface area contributed by atoms with Gasteiger partial charge in [-0.25, -0.2) is 26.6 Å². The third-order valence-electron chi connectivity index (χ3n) is 4.91. The van der Waals surface area contributed by atoms with Crippen LogP contribution in [0.4, 0.5) is 0 Å². The molecule has 0 atom stereocenters. The van der Waals surface area contributed by atoms with Crippen LogP contribution in [0.1, 0.15) is 6.42 Å². The topological polar surface area (TPSA) is 139 Å². The smallest absolute Gasteiger partial charge is 0.408 e. The average Bonchev–Trinajstić information content (AvgIpc) is 3.23. The zero-order chi connectivity index (χ0) is 20.8. The van der Waals surface area contributed by atoms with Crippen molar-refractivity contribution in [3.8, 4) is 0 Å². The molecule has 1 fully saturated rings. The number of fused-ring (bicyclic) bond motifs is 1. The van der Waals surface area contributed by atoms with Gasteiger partial charge in [-0.3, -0.25) is 4.57 Å². The fourth-order valence-corrected chi connectivity index (χ4v) is 6.15. The number of aryl methyl sites for hydroxylation is 1. The van der Waals surface area contributed by atoms with Crippen molar-refractivity contribution in [1.82, 2.24) is 23.1 Å². The Bertz CT molecular complexity index is 1310. The van der Waals surface area contributed by atoms with Crippen molar-refractivity contribution in [2.24, 2.45) is 7.05 Å². The predicted molar refractivity (Wildman–Crippen MR) is 102 cm³/mol. The second-order valence-corrected chi connectivity index (χ2v) is 10.5. The van der Waals surface area contributed by atoms with Gasteiger partial charge in [0.2, 0.25) is 10.0 Å². The van der Waals surface area contributed by atoms with E-state index in [0.717, 1.165) is 0 Å². The first-order chi connectivity index (χ1) is 13.7. The molecule has 3 heterocycles. The lowest BCUT2D eigenvalue weighted by molar-refractivity contribution is 0.403. The molecule has 0 aliphatic carbocycles. The van der Waals surface area contributed by atoms with E-state index in [-0.39, 0.29) is 36.1 Å². The van der Waals surface area contributed by atoms with Gasteiger partial charge in [0.1, 0.15) is 0 Å². The number of benzene rings is 1. The molecule has 1 N–H and O–H groups in total. The van der Waals surface area contributed by atoms with Gasteiger partial charge in [0, 0.05) is 33.2 Å². The molecule has 1 aliphatic rings.